The molecule has 0 atom stereocenters. The summed E-state index contributed by atoms with van der Waals surface area (Å²) in [5.41, 5.74) is 2.57. The van der Waals surface area contributed by atoms with Gasteiger partial charge in [0.15, 0.2) is 5.75 Å². The van der Waals surface area contributed by atoms with Crippen LogP contribution >= 0.6 is 11.9 Å². The Hall–Kier alpha value is -4.76. The summed E-state index contributed by atoms with van der Waals surface area (Å²) in [4.78, 5) is 24.8. The van der Waals surface area contributed by atoms with Crippen LogP contribution in [0.25, 0.3) is 6.20 Å². The molecule has 1 saturated carbocycles. The van der Waals surface area contributed by atoms with E-state index in [1.54, 1.807) is 30.8 Å². The minimum atomic E-state index is -0.530. The highest BCUT2D eigenvalue weighted by atomic mass is 32.2. The summed E-state index contributed by atoms with van der Waals surface area (Å²) < 4.78 is 26.4. The highest BCUT2D eigenvalue weighted by Crippen LogP contribution is 2.39. The number of benzene rings is 2. The fraction of sp³-hybridized carbons (Fsp3) is 0.152. The lowest BCUT2D eigenvalue weighted by Gasteiger charge is -2.14. The number of rotatable bonds is 1. The van der Waals surface area contributed by atoms with Gasteiger partial charge in [-0.05, 0) is 48.8 Å². The molecule has 6 rings (SSSR count). The van der Waals surface area contributed by atoms with Crippen LogP contribution in [0.15, 0.2) is 117 Å². The monoisotopic (exact) mass is 577 g/mol. The summed E-state index contributed by atoms with van der Waals surface area (Å²) in [7, 11) is 0. The minimum absolute atomic E-state index is 0.180. The number of carbonyl (C=O) groups is 1. The number of carbonyl (C=O) groups excluding carboxylic acids is 1. The summed E-state index contributed by atoms with van der Waals surface area (Å²) in [6.07, 6.45) is 23.7. The fourth-order valence-electron chi connectivity index (χ4n) is 4.51. The van der Waals surface area contributed by atoms with Crippen molar-refractivity contribution in [2.24, 2.45) is 14.4 Å². The zero-order chi connectivity index (χ0) is 28.8. The van der Waals surface area contributed by atoms with E-state index >= 15 is 0 Å². The van der Waals surface area contributed by atoms with Crippen molar-refractivity contribution in [2.45, 2.75) is 36.4 Å². The van der Waals surface area contributed by atoms with Gasteiger partial charge >= 0.3 is 6.09 Å². The van der Waals surface area contributed by atoms with E-state index in [0.717, 1.165) is 34.7 Å². The number of hydrogen-bond acceptors (Lipinski definition) is 6. The third kappa shape index (κ3) is 6.58. The van der Waals surface area contributed by atoms with Crippen molar-refractivity contribution >= 4 is 48.6 Å². The molecule has 1 aliphatic carbocycles. The number of fused-ring (bicyclic) bond motifs is 3. The van der Waals surface area contributed by atoms with Gasteiger partial charge in [-0.15, -0.1) is 0 Å². The summed E-state index contributed by atoms with van der Waals surface area (Å²) in [5, 5.41) is 0. The molecule has 3 heterocycles. The Morgan fingerprint density at radius 3 is 2.60 bits per heavy atom. The number of hydrogen-bond donors (Lipinski definition) is 0. The zero-order valence-electron chi connectivity index (χ0n) is 22.7. The predicted molar refractivity (Wildman–Crippen MR) is 167 cm³/mol. The van der Waals surface area contributed by atoms with E-state index in [9.17, 15) is 9.18 Å². The first kappa shape index (κ1) is 27.4. The van der Waals surface area contributed by atoms with E-state index in [1.165, 1.54) is 22.9 Å². The quantitative estimate of drug-likeness (QED) is 0.278. The molecule has 9 heteroatoms. The number of aliphatic imine (C=N–C) groups is 2. The van der Waals surface area contributed by atoms with Crippen LogP contribution < -0.4 is 4.74 Å². The first-order chi connectivity index (χ1) is 20.6. The molecule has 1 amide bonds. The second-order valence-electron chi connectivity index (χ2n) is 10.0. The number of aromatic nitrogens is 1. The zero-order valence-corrected chi connectivity index (χ0v) is 23.5. The van der Waals surface area contributed by atoms with Crippen molar-refractivity contribution in [1.82, 2.24) is 9.47 Å². The van der Waals surface area contributed by atoms with Gasteiger partial charge in [0.2, 0.25) is 0 Å². The number of nitrogens with zero attached hydrogens (tertiary/aromatic N) is 5. The van der Waals surface area contributed by atoms with Gasteiger partial charge in [0.05, 0.1) is 34.6 Å². The largest absolute Gasteiger partial charge is 0.415 e. The molecular formula is C33H28FN5O2S. The van der Waals surface area contributed by atoms with Gasteiger partial charge in [-0.3, -0.25) is 14.9 Å². The van der Waals surface area contributed by atoms with Crippen molar-refractivity contribution in [3.63, 3.8) is 0 Å². The molecule has 0 bridgehead atoms. The summed E-state index contributed by atoms with van der Waals surface area (Å²) in [6, 6.07) is 14.5. The van der Waals surface area contributed by atoms with Crippen LogP contribution in [0.3, 0.4) is 0 Å². The van der Waals surface area contributed by atoms with E-state index in [0.29, 0.717) is 17.9 Å². The molecule has 1 spiro atoms. The Morgan fingerprint density at radius 2 is 1.76 bits per heavy atom. The summed E-state index contributed by atoms with van der Waals surface area (Å²) in [5.74, 6) is 0.0679. The van der Waals surface area contributed by atoms with E-state index in [2.05, 4.69) is 9.39 Å². The predicted octanol–water partition coefficient (Wildman–Crippen LogP) is 7.73. The van der Waals surface area contributed by atoms with Crippen molar-refractivity contribution in [1.29, 1.82) is 0 Å². The Bertz CT molecular complexity index is 1690. The topological polar surface area (TPSA) is 71.5 Å². The lowest BCUT2D eigenvalue weighted by atomic mass is 10.1. The third-order valence-electron chi connectivity index (χ3n) is 6.98. The van der Waals surface area contributed by atoms with E-state index in [-0.39, 0.29) is 17.9 Å². The van der Waals surface area contributed by atoms with Crippen LogP contribution in [-0.2, 0) is 13.1 Å². The molecule has 2 aliphatic heterocycles. The second kappa shape index (κ2) is 12.4. The van der Waals surface area contributed by atoms with Crippen molar-refractivity contribution in [3.8, 4) is 5.75 Å². The maximum Gasteiger partial charge on any atom is 0.415 e. The van der Waals surface area contributed by atoms with Crippen LogP contribution in [0.1, 0.15) is 29.7 Å². The highest BCUT2D eigenvalue weighted by molar-refractivity contribution is 7.98. The molecule has 0 radical (unpaired) electrons. The molecule has 0 N–H and O–H groups in total. The number of para-hydroxylation sites is 1. The SMILES string of the molecule is O=C(Oc1cc2n(c1)\C=C/C=C\C=C/C=C\C=Nc1ccccc1S/N=C\C1(CC1)N=C2)N1Cc2cccc(F)c2C1. The molecule has 0 unspecified atom stereocenters. The maximum atomic E-state index is 14.2. The van der Waals surface area contributed by atoms with E-state index in [4.69, 9.17) is 9.73 Å². The fourth-order valence-corrected chi connectivity index (χ4v) is 5.22. The smallest absolute Gasteiger partial charge is 0.409 e. The number of ether oxygens (including phenoxy) is 1. The number of halogens is 1. The Kier molecular flexibility index (Phi) is 8.09. The molecule has 3 aliphatic rings. The van der Waals surface area contributed by atoms with Gasteiger partial charge in [-0.2, -0.15) is 0 Å². The molecule has 7 nitrogen and oxygen atoms in total. The molecule has 1 fully saturated rings. The first-order valence-electron chi connectivity index (χ1n) is 13.6. The normalized spacial score (nSPS) is 21.0. The lowest BCUT2D eigenvalue weighted by Crippen LogP contribution is -2.28. The van der Waals surface area contributed by atoms with Crippen molar-refractivity contribution in [3.05, 3.63) is 120 Å². The maximum absolute atomic E-state index is 14.2. The minimum Gasteiger partial charge on any atom is -0.409 e. The van der Waals surface area contributed by atoms with Gasteiger partial charge in [0, 0.05) is 55.0 Å². The lowest BCUT2D eigenvalue weighted by molar-refractivity contribution is 0.152. The van der Waals surface area contributed by atoms with Crippen LogP contribution in [0.5, 0.6) is 5.75 Å². The molecule has 42 heavy (non-hydrogen) atoms. The summed E-state index contributed by atoms with van der Waals surface area (Å²) in [6.45, 7) is 0.491. The number of allylic oxidation sites excluding steroid dienone is 7. The van der Waals surface area contributed by atoms with Crippen LogP contribution in [-0.4, -0.2) is 39.7 Å². The Labute approximate surface area is 248 Å². The average Bonchev–Trinajstić information content (AvgIpc) is 3.43. The third-order valence-corrected chi connectivity index (χ3v) is 7.74. The van der Waals surface area contributed by atoms with Gasteiger partial charge in [0.25, 0.3) is 0 Å². The second-order valence-corrected chi connectivity index (χ2v) is 10.9. The van der Waals surface area contributed by atoms with E-state index in [1.807, 2.05) is 89.8 Å². The average molecular weight is 578 g/mol. The van der Waals surface area contributed by atoms with Crippen molar-refractivity contribution < 1.29 is 13.9 Å². The van der Waals surface area contributed by atoms with Gasteiger partial charge in [0.1, 0.15) is 5.82 Å². The van der Waals surface area contributed by atoms with E-state index < -0.39 is 6.09 Å². The van der Waals surface area contributed by atoms with Crippen LogP contribution in [0.4, 0.5) is 14.9 Å². The van der Waals surface area contributed by atoms with Gasteiger partial charge in [-0.25, -0.2) is 13.6 Å². The first-order valence-corrected chi connectivity index (χ1v) is 14.4. The van der Waals surface area contributed by atoms with Gasteiger partial charge < -0.3 is 9.30 Å². The highest BCUT2D eigenvalue weighted by Gasteiger charge is 2.40. The van der Waals surface area contributed by atoms with Crippen LogP contribution in [0.2, 0.25) is 0 Å². The molecule has 3 aromatic rings. The molecule has 210 valence electrons. The standard InChI is InChI=1S/C33H28FN5O2S/c34-29-12-10-11-25-21-39(23-28(25)29)32(40)41-27-19-26-20-36-33(15-16-33)24-37-42-31-14-7-6-13-30(31)35-17-8-4-2-1-3-5-9-18-38(26)22-27/h1-14,17-20,22,24H,15-16,21,23H2/b2-1-,5-3-,8-4-,18-9-,35-17?,36-20?,37-24-. The van der Waals surface area contributed by atoms with Crippen LogP contribution in [0, 0.1) is 5.82 Å². The Morgan fingerprint density at radius 1 is 0.952 bits per heavy atom. The molecule has 2 aromatic carbocycles. The van der Waals surface area contributed by atoms with Crippen molar-refractivity contribution in [2.75, 3.05) is 0 Å². The molecule has 1 aromatic heterocycles. The molecular weight excluding hydrogens is 549 g/mol. The Balaban J connectivity index is 1.23. The number of amides is 1. The summed E-state index contributed by atoms with van der Waals surface area (Å²) >= 11 is 1.38. The van der Waals surface area contributed by atoms with Gasteiger partial charge in [-0.1, -0.05) is 54.6 Å². The molecule has 0 saturated heterocycles.